The first-order valence-electron chi connectivity index (χ1n) is 4.62. The van der Waals surface area contributed by atoms with Crippen molar-refractivity contribution in [2.24, 2.45) is 5.73 Å². The van der Waals surface area contributed by atoms with Gasteiger partial charge in [-0.3, -0.25) is 0 Å². The number of hydrogen-bond donors (Lipinski definition) is 2. The van der Waals surface area contributed by atoms with E-state index in [-0.39, 0.29) is 6.04 Å². The maximum absolute atomic E-state index is 5.97. The fraction of sp³-hybridized carbons (Fsp3) is 0.300. The van der Waals surface area contributed by atoms with Crippen LogP contribution < -0.4 is 5.73 Å². The summed E-state index contributed by atoms with van der Waals surface area (Å²) in [5, 5.41) is 4.25. The summed E-state index contributed by atoms with van der Waals surface area (Å²) >= 11 is 1.72. The molecule has 3 nitrogen and oxygen atoms in total. The van der Waals surface area contributed by atoms with Crippen LogP contribution in [0.4, 0.5) is 0 Å². The van der Waals surface area contributed by atoms with Gasteiger partial charge in [-0.05, 0) is 35.2 Å². The van der Waals surface area contributed by atoms with Gasteiger partial charge in [0.05, 0.1) is 6.04 Å². The summed E-state index contributed by atoms with van der Waals surface area (Å²) in [6.45, 7) is 0. The van der Waals surface area contributed by atoms with Gasteiger partial charge in [-0.2, -0.15) is 11.3 Å². The Labute approximate surface area is 87.0 Å². The molecule has 1 unspecified atom stereocenters. The van der Waals surface area contributed by atoms with Gasteiger partial charge in [-0.1, -0.05) is 0 Å². The molecule has 2 aromatic heterocycles. The second-order valence-corrected chi connectivity index (χ2v) is 4.03. The Bertz CT molecular complexity index is 353. The predicted octanol–water partition coefficient (Wildman–Crippen LogP) is 2.10. The number of imidazole rings is 1. The standard InChI is InChI=1S/C10H13N3S/c11-9(10-12-4-5-13-10)2-1-8-3-6-14-7-8/h3-7,9H,1-2,11H2,(H,12,13). The number of nitrogens with two attached hydrogens (primary N) is 1. The van der Waals surface area contributed by atoms with Crippen molar-refractivity contribution in [1.29, 1.82) is 0 Å². The van der Waals surface area contributed by atoms with E-state index in [9.17, 15) is 0 Å². The van der Waals surface area contributed by atoms with Gasteiger partial charge in [0.25, 0.3) is 0 Å². The number of rotatable bonds is 4. The summed E-state index contributed by atoms with van der Waals surface area (Å²) in [5.41, 5.74) is 7.32. The van der Waals surface area contributed by atoms with Crippen LogP contribution in [0.5, 0.6) is 0 Å². The topological polar surface area (TPSA) is 54.7 Å². The Morgan fingerprint density at radius 2 is 2.50 bits per heavy atom. The molecule has 0 aliphatic rings. The predicted molar refractivity (Wildman–Crippen MR) is 58.2 cm³/mol. The molecule has 14 heavy (non-hydrogen) atoms. The van der Waals surface area contributed by atoms with E-state index in [2.05, 4.69) is 26.8 Å². The van der Waals surface area contributed by atoms with Crippen LogP contribution in [0.1, 0.15) is 23.9 Å². The van der Waals surface area contributed by atoms with Crippen LogP contribution in [0, 0.1) is 0 Å². The first kappa shape index (κ1) is 9.43. The SMILES string of the molecule is NC(CCc1ccsc1)c1ncc[nH]1. The van der Waals surface area contributed by atoms with Crippen LogP contribution in [-0.2, 0) is 6.42 Å². The summed E-state index contributed by atoms with van der Waals surface area (Å²) in [5.74, 6) is 0.875. The molecule has 0 saturated heterocycles. The van der Waals surface area contributed by atoms with E-state index < -0.39 is 0 Å². The minimum absolute atomic E-state index is 0.0184. The van der Waals surface area contributed by atoms with Crippen molar-refractivity contribution in [3.05, 3.63) is 40.6 Å². The Balaban J connectivity index is 1.87. The minimum Gasteiger partial charge on any atom is -0.347 e. The number of nitrogens with one attached hydrogen (secondary N) is 1. The Kier molecular flexibility index (Phi) is 2.96. The zero-order valence-corrected chi connectivity index (χ0v) is 8.63. The molecule has 0 spiro atoms. The smallest absolute Gasteiger partial charge is 0.123 e. The van der Waals surface area contributed by atoms with Crippen molar-refractivity contribution < 1.29 is 0 Å². The van der Waals surface area contributed by atoms with Crippen molar-refractivity contribution >= 4 is 11.3 Å². The van der Waals surface area contributed by atoms with E-state index in [0.29, 0.717) is 0 Å². The second-order valence-electron chi connectivity index (χ2n) is 3.25. The molecule has 2 heterocycles. The minimum atomic E-state index is 0.0184. The maximum atomic E-state index is 5.97. The van der Waals surface area contributed by atoms with E-state index in [1.165, 1.54) is 5.56 Å². The maximum Gasteiger partial charge on any atom is 0.123 e. The molecule has 1 atom stereocenters. The molecule has 0 amide bonds. The van der Waals surface area contributed by atoms with E-state index >= 15 is 0 Å². The zero-order chi connectivity index (χ0) is 9.80. The molecular weight excluding hydrogens is 194 g/mol. The Hall–Kier alpha value is -1.13. The number of H-pyrrole nitrogens is 1. The van der Waals surface area contributed by atoms with Gasteiger partial charge in [0, 0.05) is 12.4 Å². The van der Waals surface area contributed by atoms with Crippen LogP contribution in [-0.4, -0.2) is 9.97 Å². The third-order valence-electron chi connectivity index (χ3n) is 2.19. The molecule has 0 fully saturated rings. The Morgan fingerprint density at radius 3 is 3.14 bits per heavy atom. The van der Waals surface area contributed by atoms with Crippen LogP contribution >= 0.6 is 11.3 Å². The van der Waals surface area contributed by atoms with Gasteiger partial charge in [0.2, 0.25) is 0 Å². The van der Waals surface area contributed by atoms with E-state index in [0.717, 1.165) is 18.7 Å². The highest BCUT2D eigenvalue weighted by molar-refractivity contribution is 7.07. The fourth-order valence-corrected chi connectivity index (χ4v) is 2.08. The third-order valence-corrected chi connectivity index (χ3v) is 2.93. The molecule has 2 aromatic rings. The van der Waals surface area contributed by atoms with Gasteiger partial charge in [-0.25, -0.2) is 4.98 Å². The van der Waals surface area contributed by atoms with Gasteiger partial charge >= 0.3 is 0 Å². The number of thiophene rings is 1. The lowest BCUT2D eigenvalue weighted by molar-refractivity contribution is 0.620. The molecular formula is C10H13N3S. The lowest BCUT2D eigenvalue weighted by Crippen LogP contribution is -2.12. The highest BCUT2D eigenvalue weighted by Crippen LogP contribution is 2.14. The number of aromatic nitrogens is 2. The van der Waals surface area contributed by atoms with Gasteiger partial charge in [0.1, 0.15) is 5.82 Å². The molecule has 2 rings (SSSR count). The van der Waals surface area contributed by atoms with Gasteiger partial charge in [-0.15, -0.1) is 0 Å². The molecule has 0 aliphatic heterocycles. The molecule has 0 aromatic carbocycles. The monoisotopic (exact) mass is 207 g/mol. The lowest BCUT2D eigenvalue weighted by atomic mass is 10.1. The highest BCUT2D eigenvalue weighted by Gasteiger charge is 2.07. The summed E-state index contributed by atoms with van der Waals surface area (Å²) in [6.07, 6.45) is 5.50. The van der Waals surface area contributed by atoms with Gasteiger partial charge < -0.3 is 10.7 Å². The normalized spacial score (nSPS) is 12.9. The van der Waals surface area contributed by atoms with Crippen molar-refractivity contribution in [1.82, 2.24) is 9.97 Å². The van der Waals surface area contributed by atoms with E-state index in [1.54, 1.807) is 23.7 Å². The third kappa shape index (κ3) is 2.21. The molecule has 74 valence electrons. The summed E-state index contributed by atoms with van der Waals surface area (Å²) in [4.78, 5) is 7.17. The van der Waals surface area contributed by atoms with Crippen molar-refractivity contribution in [3.63, 3.8) is 0 Å². The quantitative estimate of drug-likeness (QED) is 0.806. The molecule has 4 heteroatoms. The summed E-state index contributed by atoms with van der Waals surface area (Å²) in [6, 6.07) is 2.16. The first-order valence-corrected chi connectivity index (χ1v) is 5.56. The highest BCUT2D eigenvalue weighted by atomic mass is 32.1. The lowest BCUT2D eigenvalue weighted by Gasteiger charge is -2.06. The number of aromatic amines is 1. The molecule has 0 aliphatic carbocycles. The van der Waals surface area contributed by atoms with Crippen LogP contribution in [0.25, 0.3) is 0 Å². The average Bonchev–Trinajstić information content (AvgIpc) is 2.87. The van der Waals surface area contributed by atoms with E-state index in [1.807, 2.05) is 0 Å². The van der Waals surface area contributed by atoms with E-state index in [4.69, 9.17) is 5.73 Å². The van der Waals surface area contributed by atoms with Crippen molar-refractivity contribution in [3.8, 4) is 0 Å². The molecule has 0 saturated carbocycles. The van der Waals surface area contributed by atoms with Crippen LogP contribution in [0.3, 0.4) is 0 Å². The average molecular weight is 207 g/mol. The first-order chi connectivity index (χ1) is 6.86. The van der Waals surface area contributed by atoms with Gasteiger partial charge in [0.15, 0.2) is 0 Å². The number of nitrogens with zero attached hydrogens (tertiary/aromatic N) is 1. The number of aryl methyl sites for hydroxylation is 1. The van der Waals surface area contributed by atoms with Crippen molar-refractivity contribution in [2.75, 3.05) is 0 Å². The second kappa shape index (κ2) is 4.39. The molecule has 3 N–H and O–H groups in total. The van der Waals surface area contributed by atoms with Crippen molar-refractivity contribution in [2.45, 2.75) is 18.9 Å². The largest absolute Gasteiger partial charge is 0.347 e. The zero-order valence-electron chi connectivity index (χ0n) is 7.81. The molecule has 0 bridgehead atoms. The summed E-state index contributed by atoms with van der Waals surface area (Å²) in [7, 11) is 0. The summed E-state index contributed by atoms with van der Waals surface area (Å²) < 4.78 is 0. The molecule has 0 radical (unpaired) electrons. The fourth-order valence-electron chi connectivity index (χ4n) is 1.37. The Morgan fingerprint density at radius 1 is 1.57 bits per heavy atom. The van der Waals surface area contributed by atoms with Crippen LogP contribution in [0.15, 0.2) is 29.2 Å². The number of hydrogen-bond acceptors (Lipinski definition) is 3. The van der Waals surface area contributed by atoms with Crippen LogP contribution in [0.2, 0.25) is 0 Å².